The van der Waals surface area contributed by atoms with Gasteiger partial charge in [-0.1, -0.05) is 12.1 Å². The quantitative estimate of drug-likeness (QED) is 0.649. The van der Waals surface area contributed by atoms with E-state index in [0.717, 1.165) is 11.4 Å². The summed E-state index contributed by atoms with van der Waals surface area (Å²) in [5.41, 5.74) is 2.43. The molecule has 0 aliphatic carbocycles. The van der Waals surface area contributed by atoms with Crippen molar-refractivity contribution in [2.45, 2.75) is 26.9 Å². The third-order valence-corrected chi connectivity index (χ3v) is 3.86. The van der Waals surface area contributed by atoms with E-state index in [2.05, 4.69) is 26.7 Å². The predicted molar refractivity (Wildman–Crippen MR) is 111 cm³/mol. The van der Waals surface area contributed by atoms with E-state index >= 15 is 0 Å². The molecule has 0 saturated heterocycles. The van der Waals surface area contributed by atoms with Crippen LogP contribution in [0.15, 0.2) is 54.6 Å². The van der Waals surface area contributed by atoms with Crippen LogP contribution in [0.1, 0.15) is 35.6 Å². The normalized spacial score (nSPS) is 10.3. The molecule has 3 rings (SSSR count). The molecule has 7 nitrogen and oxygen atoms in total. The lowest BCUT2D eigenvalue weighted by atomic mass is 10.2. The summed E-state index contributed by atoms with van der Waals surface area (Å²) in [5.74, 6) is 0.662. The number of nitrogens with one attached hydrogen (secondary N) is 2. The molecule has 0 spiro atoms. The van der Waals surface area contributed by atoms with Gasteiger partial charge in [-0.3, -0.25) is 4.79 Å². The van der Waals surface area contributed by atoms with Crippen LogP contribution < -0.4 is 15.4 Å². The topological polar surface area (TPSA) is 99.9 Å². The van der Waals surface area contributed by atoms with Gasteiger partial charge in [0.2, 0.25) is 5.95 Å². The van der Waals surface area contributed by atoms with E-state index in [1.54, 1.807) is 37.3 Å². The van der Waals surface area contributed by atoms with Crippen molar-refractivity contribution < 1.29 is 9.53 Å². The Morgan fingerprint density at radius 3 is 2.52 bits per heavy atom. The van der Waals surface area contributed by atoms with Gasteiger partial charge in [0.1, 0.15) is 17.5 Å². The van der Waals surface area contributed by atoms with Crippen molar-refractivity contribution in [2.75, 3.05) is 10.6 Å². The van der Waals surface area contributed by atoms with Crippen LogP contribution in [0.5, 0.6) is 5.75 Å². The summed E-state index contributed by atoms with van der Waals surface area (Å²) in [5, 5.41) is 15.0. The fourth-order valence-electron chi connectivity index (χ4n) is 2.63. The first kappa shape index (κ1) is 19.8. The molecule has 0 aliphatic rings. The maximum Gasteiger partial charge on any atom is 0.274 e. The van der Waals surface area contributed by atoms with Gasteiger partial charge in [-0.25, -0.2) is 9.97 Å². The first-order valence-electron chi connectivity index (χ1n) is 9.14. The number of ether oxygens (including phenoxy) is 1. The van der Waals surface area contributed by atoms with Crippen LogP contribution in [0, 0.1) is 18.3 Å². The smallest absolute Gasteiger partial charge is 0.274 e. The maximum absolute atomic E-state index is 12.6. The van der Waals surface area contributed by atoms with Crippen LogP contribution in [0.4, 0.5) is 17.3 Å². The first-order valence-corrected chi connectivity index (χ1v) is 9.14. The maximum atomic E-state index is 12.6. The minimum Gasteiger partial charge on any atom is -0.491 e. The summed E-state index contributed by atoms with van der Waals surface area (Å²) in [6.45, 7) is 5.72. The molecule has 3 aromatic rings. The van der Waals surface area contributed by atoms with Gasteiger partial charge >= 0.3 is 0 Å². The monoisotopic (exact) mass is 387 g/mol. The fraction of sp³-hybridized carbons (Fsp3) is 0.182. The van der Waals surface area contributed by atoms with E-state index in [9.17, 15) is 10.1 Å². The Hall–Kier alpha value is -3.92. The summed E-state index contributed by atoms with van der Waals surface area (Å²) in [4.78, 5) is 21.3. The zero-order chi connectivity index (χ0) is 20.8. The van der Waals surface area contributed by atoms with Crippen molar-refractivity contribution in [1.29, 1.82) is 5.26 Å². The Bertz CT molecular complexity index is 1060. The SMILES string of the molecule is Cc1cc(C(=O)Nc2ccccc2C#N)nc(Nc2ccc(OC(C)C)cc2)n1. The Kier molecular flexibility index (Phi) is 6.05. The summed E-state index contributed by atoms with van der Waals surface area (Å²) in [6, 6.07) is 17.9. The van der Waals surface area contributed by atoms with Gasteiger partial charge in [0, 0.05) is 11.4 Å². The number of anilines is 3. The number of carbonyl (C=O) groups excluding carboxylic acids is 1. The highest BCUT2D eigenvalue weighted by atomic mass is 16.5. The average Bonchev–Trinajstić information content (AvgIpc) is 2.69. The minimum atomic E-state index is -0.415. The standard InChI is InChI=1S/C22H21N5O2/c1-14(2)29-18-10-8-17(9-11-18)25-22-24-15(3)12-20(27-22)21(28)26-19-7-5-4-6-16(19)13-23/h4-12,14H,1-3H3,(H,26,28)(H,24,25,27). The molecular formula is C22H21N5O2. The number of aromatic nitrogens is 2. The Morgan fingerprint density at radius 2 is 1.83 bits per heavy atom. The summed E-state index contributed by atoms with van der Waals surface area (Å²) >= 11 is 0. The molecule has 1 aromatic heterocycles. The van der Waals surface area contributed by atoms with E-state index in [0.29, 0.717) is 22.9 Å². The summed E-state index contributed by atoms with van der Waals surface area (Å²) in [7, 11) is 0. The second-order valence-electron chi connectivity index (χ2n) is 6.65. The second kappa shape index (κ2) is 8.85. The first-order chi connectivity index (χ1) is 13.9. The lowest BCUT2D eigenvalue weighted by Crippen LogP contribution is -2.16. The molecule has 0 aliphatic heterocycles. The van der Waals surface area contributed by atoms with Crippen LogP contribution >= 0.6 is 0 Å². The Labute approximate surface area is 169 Å². The number of para-hydroxylation sites is 1. The molecule has 0 fully saturated rings. The molecule has 0 unspecified atom stereocenters. The Balaban J connectivity index is 1.77. The number of aryl methyl sites for hydroxylation is 1. The van der Waals surface area contributed by atoms with E-state index in [1.165, 1.54) is 0 Å². The average molecular weight is 387 g/mol. The van der Waals surface area contributed by atoms with Gasteiger partial charge in [0.05, 0.1) is 17.4 Å². The molecule has 0 bridgehead atoms. The van der Waals surface area contributed by atoms with E-state index in [1.807, 2.05) is 38.1 Å². The molecule has 0 radical (unpaired) electrons. The predicted octanol–water partition coefficient (Wildman–Crippen LogP) is 4.44. The minimum absolute atomic E-state index is 0.0983. The highest BCUT2D eigenvalue weighted by Gasteiger charge is 2.13. The number of benzene rings is 2. The molecular weight excluding hydrogens is 366 g/mol. The zero-order valence-electron chi connectivity index (χ0n) is 16.4. The van der Waals surface area contributed by atoms with Gasteiger partial charge < -0.3 is 15.4 Å². The van der Waals surface area contributed by atoms with Gasteiger partial charge in [-0.2, -0.15) is 5.26 Å². The lowest BCUT2D eigenvalue weighted by molar-refractivity contribution is 0.102. The van der Waals surface area contributed by atoms with E-state index < -0.39 is 5.91 Å². The highest BCUT2D eigenvalue weighted by Crippen LogP contribution is 2.20. The number of rotatable bonds is 6. The van der Waals surface area contributed by atoms with Crippen molar-refractivity contribution in [1.82, 2.24) is 9.97 Å². The fourth-order valence-corrected chi connectivity index (χ4v) is 2.63. The Morgan fingerprint density at radius 1 is 1.10 bits per heavy atom. The van der Waals surface area contributed by atoms with Crippen LogP contribution in [-0.2, 0) is 0 Å². The summed E-state index contributed by atoms with van der Waals surface area (Å²) < 4.78 is 5.63. The molecule has 1 heterocycles. The van der Waals surface area contributed by atoms with E-state index in [-0.39, 0.29) is 11.8 Å². The molecule has 2 aromatic carbocycles. The number of hydrogen-bond donors (Lipinski definition) is 2. The van der Waals surface area contributed by atoms with Crippen molar-refractivity contribution in [2.24, 2.45) is 0 Å². The molecule has 29 heavy (non-hydrogen) atoms. The molecule has 1 amide bonds. The van der Waals surface area contributed by atoms with Gasteiger partial charge in [0.25, 0.3) is 5.91 Å². The van der Waals surface area contributed by atoms with Crippen LogP contribution in [0.25, 0.3) is 0 Å². The van der Waals surface area contributed by atoms with Crippen LogP contribution in [0.2, 0.25) is 0 Å². The van der Waals surface area contributed by atoms with Gasteiger partial charge in [-0.15, -0.1) is 0 Å². The molecule has 0 saturated carbocycles. The van der Waals surface area contributed by atoms with Crippen molar-refractivity contribution >= 4 is 23.2 Å². The molecule has 146 valence electrons. The molecule has 7 heteroatoms. The number of amides is 1. The van der Waals surface area contributed by atoms with Gasteiger partial charge in [-0.05, 0) is 63.2 Å². The van der Waals surface area contributed by atoms with Crippen molar-refractivity contribution in [3.8, 4) is 11.8 Å². The van der Waals surface area contributed by atoms with E-state index in [4.69, 9.17) is 4.74 Å². The number of carbonyl (C=O) groups is 1. The zero-order valence-corrected chi connectivity index (χ0v) is 16.4. The molecule has 2 N–H and O–H groups in total. The highest BCUT2D eigenvalue weighted by molar-refractivity contribution is 6.03. The summed E-state index contributed by atoms with van der Waals surface area (Å²) in [6.07, 6.45) is 0.0983. The van der Waals surface area contributed by atoms with Crippen molar-refractivity contribution in [3.05, 3.63) is 71.5 Å². The largest absolute Gasteiger partial charge is 0.491 e. The number of nitrogens with zero attached hydrogens (tertiary/aromatic N) is 3. The van der Waals surface area contributed by atoms with Crippen molar-refractivity contribution in [3.63, 3.8) is 0 Å². The second-order valence-corrected chi connectivity index (χ2v) is 6.65. The van der Waals surface area contributed by atoms with Crippen LogP contribution in [0.3, 0.4) is 0 Å². The third kappa shape index (κ3) is 5.30. The molecule has 0 atom stereocenters. The van der Waals surface area contributed by atoms with Crippen LogP contribution in [-0.4, -0.2) is 22.0 Å². The number of hydrogen-bond acceptors (Lipinski definition) is 6. The lowest BCUT2D eigenvalue weighted by Gasteiger charge is -2.11. The third-order valence-electron chi connectivity index (χ3n) is 3.86. The van der Waals surface area contributed by atoms with Gasteiger partial charge in [0.15, 0.2) is 0 Å². The number of nitriles is 1.